The van der Waals surface area contributed by atoms with Crippen LogP contribution >= 0.6 is 23.1 Å². The molecule has 0 aliphatic heterocycles. The van der Waals surface area contributed by atoms with Crippen molar-refractivity contribution in [2.45, 2.75) is 5.16 Å². The van der Waals surface area contributed by atoms with E-state index >= 15 is 0 Å². The molecule has 1 N–H and O–H groups in total. The average molecular weight is 348 g/mol. The highest BCUT2D eigenvalue weighted by atomic mass is 32.2. The number of rotatable bonds is 5. The predicted octanol–water partition coefficient (Wildman–Crippen LogP) is 3.41. The molecule has 0 saturated carbocycles. The second-order valence-electron chi connectivity index (χ2n) is 4.67. The quantitative estimate of drug-likeness (QED) is 0.718. The van der Waals surface area contributed by atoms with Gasteiger partial charge in [-0.15, -0.1) is 11.3 Å². The molecule has 23 heavy (non-hydrogen) atoms. The number of anilines is 1. The number of imidazole rings is 1. The zero-order chi connectivity index (χ0) is 16.2. The normalized spacial score (nSPS) is 10.7. The molecular weight excluding hydrogens is 335 g/mol. The van der Waals surface area contributed by atoms with Crippen LogP contribution < -0.4 is 5.32 Å². The Kier molecular flexibility index (Phi) is 4.73. The fraction of sp³-hybridized carbons (Fsp3) is 0.133. The molecule has 8 heteroatoms. The number of nitrogens with one attached hydrogen (secondary N) is 1. The zero-order valence-electron chi connectivity index (χ0n) is 12.2. The minimum atomic E-state index is -0.274. The summed E-state index contributed by atoms with van der Waals surface area (Å²) in [6.45, 7) is 0. The summed E-state index contributed by atoms with van der Waals surface area (Å²) in [7, 11) is 1.87. The first kappa shape index (κ1) is 15.7. The largest absolute Gasteiger partial charge is 0.322 e. The van der Waals surface area contributed by atoms with Crippen molar-refractivity contribution in [3.63, 3.8) is 0 Å². The molecule has 3 rings (SSSR count). The van der Waals surface area contributed by atoms with E-state index in [4.69, 9.17) is 0 Å². The molecule has 0 fully saturated rings. The van der Waals surface area contributed by atoms with Crippen molar-refractivity contribution in [1.82, 2.24) is 14.5 Å². The highest BCUT2D eigenvalue weighted by molar-refractivity contribution is 7.99. The summed E-state index contributed by atoms with van der Waals surface area (Å²) in [5.74, 6) is -0.159. The van der Waals surface area contributed by atoms with Gasteiger partial charge in [0.2, 0.25) is 5.91 Å². The molecule has 0 bridgehead atoms. The fourth-order valence-corrected chi connectivity index (χ4v) is 3.28. The van der Waals surface area contributed by atoms with Crippen molar-refractivity contribution < 1.29 is 9.18 Å². The lowest BCUT2D eigenvalue weighted by molar-refractivity contribution is -0.113. The van der Waals surface area contributed by atoms with E-state index in [1.807, 2.05) is 11.6 Å². The highest BCUT2D eigenvalue weighted by Gasteiger charge is 2.12. The first-order chi connectivity index (χ1) is 11.1. The number of amides is 1. The maximum atomic E-state index is 13.0. The number of thiazole rings is 1. The first-order valence-corrected chi connectivity index (χ1v) is 8.60. The topological polar surface area (TPSA) is 59.8 Å². The smallest absolute Gasteiger partial charge is 0.236 e. The Balaban J connectivity index is 1.65. The van der Waals surface area contributed by atoms with E-state index < -0.39 is 0 Å². The Morgan fingerprint density at radius 3 is 2.83 bits per heavy atom. The number of halogens is 1. The Labute approximate surface area is 140 Å². The van der Waals surface area contributed by atoms with Gasteiger partial charge in [-0.05, 0) is 29.8 Å². The number of hydrogen-bond acceptors (Lipinski definition) is 5. The summed E-state index contributed by atoms with van der Waals surface area (Å²) in [6.07, 6.45) is 3.36. The minimum absolute atomic E-state index is 0.128. The summed E-state index contributed by atoms with van der Waals surface area (Å²) in [5, 5.41) is 5.83. The van der Waals surface area contributed by atoms with Gasteiger partial charge in [0.1, 0.15) is 5.82 Å². The van der Waals surface area contributed by atoms with Crippen LogP contribution in [-0.4, -0.2) is 26.2 Å². The highest BCUT2D eigenvalue weighted by Crippen LogP contribution is 2.25. The van der Waals surface area contributed by atoms with E-state index in [9.17, 15) is 9.18 Å². The van der Waals surface area contributed by atoms with Crippen LogP contribution in [0, 0.1) is 5.82 Å². The number of thioether (sulfide) groups is 1. The number of benzene rings is 1. The Bertz CT molecular complexity index is 800. The molecule has 2 aromatic heterocycles. The second kappa shape index (κ2) is 6.93. The van der Waals surface area contributed by atoms with E-state index in [2.05, 4.69) is 15.3 Å². The van der Waals surface area contributed by atoms with Crippen molar-refractivity contribution >= 4 is 34.1 Å². The first-order valence-electron chi connectivity index (χ1n) is 6.73. The van der Waals surface area contributed by atoms with Gasteiger partial charge in [-0.2, -0.15) is 0 Å². The number of nitrogens with zero attached hydrogens (tertiary/aromatic N) is 3. The van der Waals surface area contributed by atoms with Crippen molar-refractivity contribution in [2.75, 3.05) is 11.1 Å². The standard InChI is InChI=1S/C15H13FN4OS2/c1-20-12(10-2-4-11(16)5-3-10)8-18-15(20)23-9-13(21)19-14-17-6-7-22-14/h2-8H,9H2,1H3,(H,17,19,21). The molecule has 0 aliphatic carbocycles. The van der Waals surface area contributed by atoms with Crippen molar-refractivity contribution in [3.8, 4) is 11.3 Å². The lowest BCUT2D eigenvalue weighted by Crippen LogP contribution is -2.14. The molecule has 118 valence electrons. The number of carbonyl (C=O) groups excluding carboxylic acids is 1. The zero-order valence-corrected chi connectivity index (χ0v) is 13.8. The molecule has 0 atom stereocenters. The molecule has 0 aliphatic rings. The van der Waals surface area contributed by atoms with Gasteiger partial charge in [-0.3, -0.25) is 4.79 Å². The minimum Gasteiger partial charge on any atom is -0.322 e. The van der Waals surface area contributed by atoms with Gasteiger partial charge in [0.05, 0.1) is 17.6 Å². The van der Waals surface area contributed by atoms with E-state index in [1.54, 1.807) is 29.9 Å². The van der Waals surface area contributed by atoms with Gasteiger partial charge in [-0.25, -0.2) is 14.4 Å². The maximum Gasteiger partial charge on any atom is 0.236 e. The van der Waals surface area contributed by atoms with Crippen LogP contribution in [0.2, 0.25) is 0 Å². The number of carbonyl (C=O) groups is 1. The van der Waals surface area contributed by atoms with E-state index in [1.165, 1.54) is 35.2 Å². The fourth-order valence-electron chi connectivity index (χ4n) is 1.99. The van der Waals surface area contributed by atoms with Crippen molar-refractivity contribution in [2.24, 2.45) is 7.05 Å². The predicted molar refractivity (Wildman–Crippen MR) is 90.1 cm³/mol. The average Bonchev–Trinajstić information content (AvgIpc) is 3.16. The second-order valence-corrected chi connectivity index (χ2v) is 6.50. The monoisotopic (exact) mass is 348 g/mol. The third-order valence-electron chi connectivity index (χ3n) is 3.10. The molecule has 0 radical (unpaired) electrons. The molecular formula is C15H13FN4OS2. The van der Waals surface area contributed by atoms with E-state index in [0.29, 0.717) is 5.13 Å². The van der Waals surface area contributed by atoms with Crippen molar-refractivity contribution in [1.29, 1.82) is 0 Å². The van der Waals surface area contributed by atoms with Gasteiger partial charge in [0.15, 0.2) is 10.3 Å². The van der Waals surface area contributed by atoms with E-state index in [0.717, 1.165) is 16.4 Å². The summed E-state index contributed by atoms with van der Waals surface area (Å²) < 4.78 is 14.9. The lowest BCUT2D eigenvalue weighted by Gasteiger charge is -2.06. The number of hydrogen-bond donors (Lipinski definition) is 1. The molecule has 1 amide bonds. The van der Waals surface area contributed by atoms with Crippen LogP contribution in [0.15, 0.2) is 47.2 Å². The molecule has 0 spiro atoms. The molecule has 0 saturated heterocycles. The molecule has 3 aromatic rings. The third kappa shape index (κ3) is 3.77. The lowest BCUT2D eigenvalue weighted by atomic mass is 10.2. The summed E-state index contributed by atoms with van der Waals surface area (Å²) in [4.78, 5) is 20.2. The van der Waals surface area contributed by atoms with Crippen molar-refractivity contribution in [3.05, 3.63) is 47.9 Å². The summed E-state index contributed by atoms with van der Waals surface area (Å²) in [5.41, 5.74) is 1.74. The van der Waals surface area contributed by atoms with Gasteiger partial charge in [-0.1, -0.05) is 11.8 Å². The van der Waals surface area contributed by atoms with Gasteiger partial charge >= 0.3 is 0 Å². The van der Waals surface area contributed by atoms with Crippen LogP contribution in [0.5, 0.6) is 0 Å². The molecule has 5 nitrogen and oxygen atoms in total. The van der Waals surface area contributed by atoms with Crippen LogP contribution in [0.1, 0.15) is 0 Å². The van der Waals surface area contributed by atoms with E-state index in [-0.39, 0.29) is 17.5 Å². The van der Waals surface area contributed by atoms with Gasteiger partial charge in [0, 0.05) is 18.6 Å². The number of aromatic nitrogens is 3. The Morgan fingerprint density at radius 1 is 1.35 bits per heavy atom. The van der Waals surface area contributed by atoms with Crippen LogP contribution in [0.25, 0.3) is 11.3 Å². The molecule has 2 heterocycles. The van der Waals surface area contributed by atoms with Crippen LogP contribution in [0.3, 0.4) is 0 Å². The van der Waals surface area contributed by atoms with Gasteiger partial charge < -0.3 is 9.88 Å². The molecule has 1 aromatic carbocycles. The summed E-state index contributed by atoms with van der Waals surface area (Å²) >= 11 is 2.71. The molecule has 0 unspecified atom stereocenters. The van der Waals surface area contributed by atoms with Crippen LogP contribution in [-0.2, 0) is 11.8 Å². The third-order valence-corrected chi connectivity index (χ3v) is 4.83. The van der Waals surface area contributed by atoms with Gasteiger partial charge in [0.25, 0.3) is 0 Å². The Morgan fingerprint density at radius 2 is 2.13 bits per heavy atom. The Hall–Kier alpha value is -2.19. The maximum absolute atomic E-state index is 13.0. The SMILES string of the molecule is Cn1c(-c2ccc(F)cc2)cnc1SCC(=O)Nc1nccs1. The van der Waals surface area contributed by atoms with Crippen LogP contribution in [0.4, 0.5) is 9.52 Å². The summed E-state index contributed by atoms with van der Waals surface area (Å²) in [6, 6.07) is 6.24.